The minimum Gasteiger partial charge on any atom is -0.456 e. The quantitative estimate of drug-likeness (QED) is 0.158. The molecule has 0 N–H and O–H groups in total. The number of ether oxygens (including phenoxy) is 5. The van der Waals surface area contributed by atoms with Crippen molar-refractivity contribution >= 4 is 30.8 Å². The first kappa shape index (κ1) is 28.3. The third-order valence-corrected chi connectivity index (χ3v) is 9.66. The first-order valence-electron chi connectivity index (χ1n) is 14.0. The molecule has 4 aromatic rings. The van der Waals surface area contributed by atoms with Gasteiger partial charge in [-0.15, -0.1) is 0 Å². The fraction of sp³-hybridized carbons (Fsp3) is 0.419. The van der Waals surface area contributed by atoms with Crippen molar-refractivity contribution in [2.24, 2.45) is 0 Å². The van der Waals surface area contributed by atoms with E-state index in [0.29, 0.717) is 42.2 Å². The number of hydrogen-bond acceptors (Lipinski definition) is 7. The van der Waals surface area contributed by atoms with Gasteiger partial charge in [0.1, 0.15) is 25.0 Å². The van der Waals surface area contributed by atoms with Crippen molar-refractivity contribution in [1.82, 2.24) is 14.5 Å². The van der Waals surface area contributed by atoms with Crippen LogP contribution in [-0.2, 0) is 25.7 Å². The van der Waals surface area contributed by atoms with Crippen LogP contribution in [0.4, 0.5) is 0 Å². The second kappa shape index (κ2) is 11.8. The monoisotopic (exact) mass is 593 g/mol. The number of imidazole rings is 1. The van der Waals surface area contributed by atoms with E-state index in [1.807, 2.05) is 41.0 Å². The lowest BCUT2D eigenvalue weighted by atomic mass is 10.0. The third kappa shape index (κ3) is 6.06. The van der Waals surface area contributed by atoms with E-state index in [0.717, 1.165) is 28.3 Å². The highest BCUT2D eigenvalue weighted by Gasteiger charge is 2.49. The number of aromatic nitrogens is 3. The molecule has 0 spiro atoms. The van der Waals surface area contributed by atoms with Crippen LogP contribution in [0.3, 0.4) is 0 Å². The molecule has 41 heavy (non-hydrogen) atoms. The van der Waals surface area contributed by atoms with Gasteiger partial charge >= 0.3 is 6.01 Å². The minimum absolute atomic E-state index is 0.103. The van der Waals surface area contributed by atoms with Gasteiger partial charge in [-0.05, 0) is 23.2 Å². The van der Waals surface area contributed by atoms with Crippen LogP contribution < -0.4 is 4.74 Å². The van der Waals surface area contributed by atoms with Crippen molar-refractivity contribution in [1.29, 1.82) is 0 Å². The molecule has 0 bridgehead atoms. The Bertz CT molecular complexity index is 1490. The second-order valence-electron chi connectivity index (χ2n) is 11.8. The fourth-order valence-electron chi connectivity index (χ4n) is 5.27. The smallest absolute Gasteiger partial charge is 0.301 e. The highest BCUT2D eigenvalue weighted by molar-refractivity contribution is 6.76. The molecule has 8 nitrogen and oxygen atoms in total. The molecular weight excluding hydrogens is 558 g/mol. The number of benzene rings is 2. The van der Waals surface area contributed by atoms with E-state index in [1.54, 1.807) is 7.11 Å². The Morgan fingerprint density at radius 2 is 1.56 bits per heavy atom. The Morgan fingerprint density at radius 3 is 2.27 bits per heavy atom. The van der Waals surface area contributed by atoms with Crippen LogP contribution in [0, 0.1) is 0 Å². The lowest BCUT2D eigenvalue weighted by Crippen LogP contribution is -2.35. The van der Waals surface area contributed by atoms with Crippen molar-refractivity contribution in [3.8, 4) is 28.4 Å². The summed E-state index contributed by atoms with van der Waals surface area (Å²) in [6, 6.07) is 21.9. The van der Waals surface area contributed by atoms with Crippen LogP contribution in [-0.4, -0.2) is 74.0 Å². The molecule has 0 aliphatic carbocycles. The van der Waals surface area contributed by atoms with Gasteiger partial charge in [-0.25, -0.2) is 4.98 Å². The molecule has 4 atom stereocenters. The molecule has 2 fully saturated rings. The minimum atomic E-state index is -1.24. The summed E-state index contributed by atoms with van der Waals surface area (Å²) in [5.41, 5.74) is 5.16. The van der Waals surface area contributed by atoms with E-state index >= 15 is 0 Å². The Hall–Kier alpha value is -2.79. The average molecular weight is 594 g/mol. The van der Waals surface area contributed by atoms with Crippen LogP contribution in [0.2, 0.25) is 30.7 Å². The summed E-state index contributed by atoms with van der Waals surface area (Å²) in [4.78, 5) is 9.69. The predicted octanol–water partition coefficient (Wildman–Crippen LogP) is 6.29. The van der Waals surface area contributed by atoms with Gasteiger partial charge in [0.15, 0.2) is 11.8 Å². The van der Waals surface area contributed by atoms with Crippen LogP contribution in [0.15, 0.2) is 60.7 Å². The predicted molar refractivity (Wildman–Crippen MR) is 162 cm³/mol. The Labute approximate surface area is 246 Å². The summed E-state index contributed by atoms with van der Waals surface area (Å²) in [5, 5.41) is 0.533. The summed E-state index contributed by atoms with van der Waals surface area (Å²) >= 11 is 6.84. The van der Waals surface area contributed by atoms with Gasteiger partial charge in [0.05, 0.1) is 29.4 Å². The molecule has 6 rings (SSSR count). The Morgan fingerprint density at radius 1 is 0.902 bits per heavy atom. The summed E-state index contributed by atoms with van der Waals surface area (Å²) in [7, 11) is 0.434. The van der Waals surface area contributed by atoms with Crippen molar-refractivity contribution < 1.29 is 23.7 Å². The molecule has 0 radical (unpaired) electrons. The SMILES string of the molecule is CO[C@@H]1CO[C@H]2[C@@H]1OC[C@H]2Oc1nc2nc(-c3ccc(-c4ccccc4)cc3)c(Cl)cc2n1COCC[Si](C)(C)C. The van der Waals surface area contributed by atoms with Gasteiger partial charge in [-0.3, -0.25) is 4.57 Å². The molecule has 0 unspecified atom stereocenters. The summed E-state index contributed by atoms with van der Waals surface area (Å²) in [5.74, 6) is 0. The fourth-order valence-corrected chi connectivity index (χ4v) is 6.29. The standard InChI is InChI=1S/C31H36ClN3O5Si/c1-36-25-17-38-29-26(18-39-28(25)29)40-31-34-30-24(35(31)19-37-14-15-41(2,3)4)16-23(32)27(33-30)22-12-10-21(11-13-22)20-8-6-5-7-9-20/h5-13,16,25-26,28-29H,14-15,17-19H2,1-4H3/t25-,26-,28-,29-/m1/s1. The lowest BCUT2D eigenvalue weighted by molar-refractivity contribution is -0.0157. The summed E-state index contributed by atoms with van der Waals surface area (Å²) in [6.45, 7) is 8.81. The van der Waals surface area contributed by atoms with Gasteiger partial charge in [0.25, 0.3) is 0 Å². The van der Waals surface area contributed by atoms with Crippen molar-refractivity contribution in [3.05, 3.63) is 65.7 Å². The molecule has 216 valence electrons. The van der Waals surface area contributed by atoms with E-state index in [4.69, 9.17) is 45.3 Å². The molecule has 4 heterocycles. The molecule has 0 amide bonds. The Kier molecular flexibility index (Phi) is 8.18. The van der Waals surface area contributed by atoms with Gasteiger partial charge in [-0.1, -0.05) is 85.8 Å². The topological polar surface area (TPSA) is 76.9 Å². The molecule has 0 saturated carbocycles. The summed E-state index contributed by atoms with van der Waals surface area (Å²) < 4.78 is 31.9. The first-order chi connectivity index (χ1) is 19.8. The highest BCUT2D eigenvalue weighted by Crippen LogP contribution is 2.35. The van der Waals surface area contributed by atoms with E-state index in [1.165, 1.54) is 0 Å². The molecular formula is C31H36ClN3O5Si. The largest absolute Gasteiger partial charge is 0.456 e. The zero-order valence-corrected chi connectivity index (χ0v) is 25.6. The first-order valence-corrected chi connectivity index (χ1v) is 18.1. The number of fused-ring (bicyclic) bond motifs is 2. The zero-order chi connectivity index (χ0) is 28.6. The van der Waals surface area contributed by atoms with E-state index in [9.17, 15) is 0 Å². The van der Waals surface area contributed by atoms with Crippen molar-refractivity contribution in [2.45, 2.75) is 56.8 Å². The molecule has 10 heteroatoms. The summed E-state index contributed by atoms with van der Waals surface area (Å²) in [6.07, 6.45) is -0.808. The van der Waals surface area contributed by atoms with Crippen LogP contribution in [0.5, 0.6) is 6.01 Å². The maximum absolute atomic E-state index is 6.84. The van der Waals surface area contributed by atoms with Gasteiger partial charge in [-0.2, -0.15) is 4.98 Å². The molecule has 2 aromatic carbocycles. The lowest BCUT2D eigenvalue weighted by Gasteiger charge is -2.19. The van der Waals surface area contributed by atoms with E-state index in [-0.39, 0.29) is 31.1 Å². The number of rotatable bonds is 10. The molecule has 2 aliphatic rings. The Balaban J connectivity index is 1.30. The van der Waals surface area contributed by atoms with Crippen molar-refractivity contribution in [2.75, 3.05) is 26.9 Å². The number of methoxy groups -OCH3 is 1. The average Bonchev–Trinajstić information content (AvgIpc) is 3.65. The number of hydrogen-bond donors (Lipinski definition) is 0. The highest BCUT2D eigenvalue weighted by atomic mass is 35.5. The van der Waals surface area contributed by atoms with Gasteiger partial charge in [0, 0.05) is 27.4 Å². The maximum atomic E-state index is 6.84. The molecule has 2 aromatic heterocycles. The van der Waals surface area contributed by atoms with Gasteiger partial charge in [0.2, 0.25) is 0 Å². The third-order valence-electron chi connectivity index (χ3n) is 7.66. The van der Waals surface area contributed by atoms with Crippen LogP contribution in [0.1, 0.15) is 0 Å². The number of pyridine rings is 1. The van der Waals surface area contributed by atoms with E-state index in [2.05, 4.69) is 43.9 Å². The van der Waals surface area contributed by atoms with E-state index < -0.39 is 8.07 Å². The van der Waals surface area contributed by atoms with Crippen molar-refractivity contribution in [3.63, 3.8) is 0 Å². The van der Waals surface area contributed by atoms with Crippen LogP contribution in [0.25, 0.3) is 33.5 Å². The zero-order valence-electron chi connectivity index (χ0n) is 23.9. The maximum Gasteiger partial charge on any atom is 0.301 e. The molecule has 2 aliphatic heterocycles. The second-order valence-corrected chi connectivity index (χ2v) is 17.8. The normalized spacial score (nSPS) is 22.4. The van der Waals surface area contributed by atoms with Gasteiger partial charge < -0.3 is 23.7 Å². The van der Waals surface area contributed by atoms with Crippen LogP contribution >= 0.6 is 11.6 Å². The number of nitrogens with zero attached hydrogens (tertiary/aromatic N) is 3. The number of halogens is 1. The molecule has 2 saturated heterocycles.